The molecule has 0 bridgehead atoms. The molecular formula is C13H17NO2. The van der Waals surface area contributed by atoms with Gasteiger partial charge in [-0.05, 0) is 30.8 Å². The molecule has 0 amide bonds. The average Bonchev–Trinajstić information content (AvgIpc) is 2.26. The van der Waals surface area contributed by atoms with Gasteiger partial charge in [-0.15, -0.1) is 0 Å². The summed E-state index contributed by atoms with van der Waals surface area (Å²) >= 11 is 0. The summed E-state index contributed by atoms with van der Waals surface area (Å²) in [5, 5.41) is 8.53. The molecule has 0 aromatic heterocycles. The van der Waals surface area contributed by atoms with Crippen molar-refractivity contribution in [3.05, 3.63) is 41.5 Å². The third-order valence-corrected chi connectivity index (χ3v) is 2.36. The normalized spacial score (nSPS) is 11.2. The molecule has 0 aliphatic rings. The van der Waals surface area contributed by atoms with Crippen molar-refractivity contribution >= 4 is 12.0 Å². The molecule has 0 heterocycles. The number of rotatable bonds is 5. The van der Waals surface area contributed by atoms with Crippen LogP contribution in [0, 0.1) is 0 Å². The standard InChI is InChI=1S/C13H17NO2/c1-3-14(2)10-12-6-4-5-11(9-12)7-8-13(15)16/h4-9H,3,10H2,1-2H3,(H,15,16). The van der Waals surface area contributed by atoms with Gasteiger partial charge in [0.15, 0.2) is 0 Å². The van der Waals surface area contributed by atoms with E-state index in [1.807, 2.05) is 24.3 Å². The highest BCUT2D eigenvalue weighted by Gasteiger charge is 1.98. The van der Waals surface area contributed by atoms with E-state index in [0.717, 1.165) is 24.7 Å². The first-order valence-corrected chi connectivity index (χ1v) is 5.30. The number of nitrogens with zero attached hydrogens (tertiary/aromatic N) is 1. The maximum absolute atomic E-state index is 10.4. The summed E-state index contributed by atoms with van der Waals surface area (Å²) in [5.41, 5.74) is 2.11. The molecule has 16 heavy (non-hydrogen) atoms. The zero-order valence-electron chi connectivity index (χ0n) is 9.68. The van der Waals surface area contributed by atoms with Crippen LogP contribution in [0.15, 0.2) is 30.3 Å². The molecule has 1 aromatic carbocycles. The lowest BCUT2D eigenvalue weighted by Crippen LogP contribution is -2.16. The third kappa shape index (κ3) is 4.28. The second-order valence-corrected chi connectivity index (χ2v) is 3.75. The van der Waals surface area contributed by atoms with Crippen LogP contribution in [-0.2, 0) is 11.3 Å². The van der Waals surface area contributed by atoms with Crippen LogP contribution in [0.2, 0.25) is 0 Å². The minimum atomic E-state index is -0.920. The van der Waals surface area contributed by atoms with Crippen molar-refractivity contribution in [2.24, 2.45) is 0 Å². The van der Waals surface area contributed by atoms with E-state index in [1.165, 1.54) is 5.56 Å². The summed E-state index contributed by atoms with van der Waals surface area (Å²) in [6.07, 6.45) is 2.76. The molecule has 1 rings (SSSR count). The number of carboxylic acids is 1. The van der Waals surface area contributed by atoms with Crippen molar-refractivity contribution in [2.45, 2.75) is 13.5 Å². The first-order chi connectivity index (χ1) is 7.61. The monoisotopic (exact) mass is 219 g/mol. The number of carboxylic acid groups (broad SMARTS) is 1. The Hall–Kier alpha value is -1.61. The fourth-order valence-electron chi connectivity index (χ4n) is 1.39. The first-order valence-electron chi connectivity index (χ1n) is 5.30. The van der Waals surface area contributed by atoms with E-state index in [-0.39, 0.29) is 0 Å². The van der Waals surface area contributed by atoms with Gasteiger partial charge in [0.1, 0.15) is 0 Å². The van der Waals surface area contributed by atoms with Crippen LogP contribution in [0.1, 0.15) is 18.1 Å². The first kappa shape index (κ1) is 12.5. The van der Waals surface area contributed by atoms with E-state index in [4.69, 9.17) is 5.11 Å². The number of hydrogen-bond acceptors (Lipinski definition) is 2. The van der Waals surface area contributed by atoms with E-state index in [2.05, 4.69) is 18.9 Å². The van der Waals surface area contributed by atoms with Gasteiger partial charge >= 0.3 is 5.97 Å². The van der Waals surface area contributed by atoms with Gasteiger partial charge in [-0.25, -0.2) is 4.79 Å². The van der Waals surface area contributed by atoms with Crippen LogP contribution < -0.4 is 0 Å². The number of benzene rings is 1. The molecule has 3 heteroatoms. The SMILES string of the molecule is CCN(C)Cc1cccc(C=CC(=O)O)c1. The molecule has 0 atom stereocenters. The van der Waals surface area contributed by atoms with Crippen LogP contribution in [-0.4, -0.2) is 29.6 Å². The predicted octanol–water partition coefficient (Wildman–Crippen LogP) is 2.24. The van der Waals surface area contributed by atoms with Gasteiger partial charge in [0.2, 0.25) is 0 Å². The minimum Gasteiger partial charge on any atom is -0.478 e. The molecule has 0 aliphatic carbocycles. The molecule has 0 radical (unpaired) electrons. The molecule has 86 valence electrons. The summed E-state index contributed by atoms with van der Waals surface area (Å²) in [6, 6.07) is 7.89. The zero-order chi connectivity index (χ0) is 12.0. The summed E-state index contributed by atoms with van der Waals surface area (Å²) < 4.78 is 0. The van der Waals surface area contributed by atoms with Crippen LogP contribution >= 0.6 is 0 Å². The van der Waals surface area contributed by atoms with Crippen LogP contribution in [0.4, 0.5) is 0 Å². The van der Waals surface area contributed by atoms with Gasteiger partial charge < -0.3 is 10.0 Å². The number of carbonyl (C=O) groups is 1. The fourth-order valence-corrected chi connectivity index (χ4v) is 1.39. The molecule has 1 aromatic rings. The zero-order valence-corrected chi connectivity index (χ0v) is 9.68. The van der Waals surface area contributed by atoms with Gasteiger partial charge in [0.25, 0.3) is 0 Å². The van der Waals surface area contributed by atoms with E-state index in [9.17, 15) is 4.79 Å². The number of aliphatic carboxylic acids is 1. The molecule has 0 saturated carbocycles. The minimum absolute atomic E-state index is 0.880. The van der Waals surface area contributed by atoms with Crippen molar-refractivity contribution in [3.8, 4) is 0 Å². The second kappa shape index (κ2) is 6.08. The Labute approximate surface area is 96.0 Å². The lowest BCUT2D eigenvalue weighted by atomic mass is 10.1. The van der Waals surface area contributed by atoms with Crippen molar-refractivity contribution in [1.29, 1.82) is 0 Å². The summed E-state index contributed by atoms with van der Waals surface area (Å²) in [7, 11) is 2.06. The van der Waals surface area contributed by atoms with Crippen molar-refractivity contribution in [2.75, 3.05) is 13.6 Å². The molecule has 0 aliphatic heterocycles. The van der Waals surface area contributed by atoms with E-state index in [0.29, 0.717) is 0 Å². The van der Waals surface area contributed by atoms with Gasteiger partial charge in [-0.3, -0.25) is 0 Å². The molecule has 0 saturated heterocycles. The Morgan fingerprint density at radius 3 is 2.88 bits per heavy atom. The van der Waals surface area contributed by atoms with Crippen molar-refractivity contribution in [3.63, 3.8) is 0 Å². The molecule has 3 nitrogen and oxygen atoms in total. The van der Waals surface area contributed by atoms with Crippen molar-refractivity contribution < 1.29 is 9.90 Å². The Balaban J connectivity index is 2.74. The third-order valence-electron chi connectivity index (χ3n) is 2.36. The molecule has 0 spiro atoms. The highest BCUT2D eigenvalue weighted by molar-refractivity contribution is 5.85. The molecule has 1 N–H and O–H groups in total. The Morgan fingerprint density at radius 2 is 2.25 bits per heavy atom. The fraction of sp³-hybridized carbons (Fsp3) is 0.308. The molecule has 0 unspecified atom stereocenters. The van der Waals surface area contributed by atoms with E-state index < -0.39 is 5.97 Å². The number of hydrogen-bond donors (Lipinski definition) is 1. The topological polar surface area (TPSA) is 40.5 Å². The van der Waals surface area contributed by atoms with Crippen molar-refractivity contribution in [1.82, 2.24) is 4.90 Å². The highest BCUT2D eigenvalue weighted by atomic mass is 16.4. The second-order valence-electron chi connectivity index (χ2n) is 3.75. The van der Waals surface area contributed by atoms with Gasteiger partial charge in [-0.2, -0.15) is 0 Å². The molecular weight excluding hydrogens is 202 g/mol. The smallest absolute Gasteiger partial charge is 0.328 e. The summed E-state index contributed by atoms with van der Waals surface area (Å²) in [6.45, 7) is 3.98. The van der Waals surface area contributed by atoms with Crippen LogP contribution in [0.25, 0.3) is 6.08 Å². The lowest BCUT2D eigenvalue weighted by molar-refractivity contribution is -0.131. The maximum atomic E-state index is 10.4. The lowest BCUT2D eigenvalue weighted by Gasteiger charge is -2.13. The van der Waals surface area contributed by atoms with Gasteiger partial charge in [0.05, 0.1) is 0 Å². The Morgan fingerprint density at radius 1 is 1.50 bits per heavy atom. The van der Waals surface area contributed by atoms with Gasteiger partial charge in [-0.1, -0.05) is 31.2 Å². The average molecular weight is 219 g/mol. The van der Waals surface area contributed by atoms with E-state index in [1.54, 1.807) is 6.08 Å². The predicted molar refractivity (Wildman–Crippen MR) is 65.1 cm³/mol. The Kier molecular flexibility index (Phi) is 4.73. The van der Waals surface area contributed by atoms with E-state index >= 15 is 0 Å². The van der Waals surface area contributed by atoms with Crippen LogP contribution in [0.3, 0.4) is 0 Å². The quantitative estimate of drug-likeness (QED) is 0.772. The Bertz CT molecular complexity index is 385. The maximum Gasteiger partial charge on any atom is 0.328 e. The van der Waals surface area contributed by atoms with Crippen LogP contribution in [0.5, 0.6) is 0 Å². The van der Waals surface area contributed by atoms with Gasteiger partial charge in [0, 0.05) is 12.6 Å². The summed E-state index contributed by atoms with van der Waals surface area (Å²) in [5.74, 6) is -0.920. The largest absolute Gasteiger partial charge is 0.478 e. The molecule has 0 fully saturated rings. The highest BCUT2D eigenvalue weighted by Crippen LogP contribution is 2.09. The summed E-state index contributed by atoms with van der Waals surface area (Å²) in [4.78, 5) is 12.6.